The van der Waals surface area contributed by atoms with Gasteiger partial charge >= 0.3 is 0 Å². The average Bonchev–Trinajstić information content (AvgIpc) is 2.71. The van der Waals surface area contributed by atoms with E-state index in [1.807, 2.05) is 12.1 Å². The van der Waals surface area contributed by atoms with Crippen molar-refractivity contribution in [2.75, 3.05) is 20.2 Å². The van der Waals surface area contributed by atoms with Gasteiger partial charge in [0.1, 0.15) is 5.75 Å². The highest BCUT2D eigenvalue weighted by molar-refractivity contribution is 5.32. The van der Waals surface area contributed by atoms with E-state index in [1.54, 1.807) is 7.11 Å². The first kappa shape index (κ1) is 12.4. The van der Waals surface area contributed by atoms with Crippen LogP contribution in [0.25, 0.3) is 0 Å². The van der Waals surface area contributed by atoms with E-state index in [0.717, 1.165) is 25.3 Å². The molecule has 2 rings (SSSR count). The van der Waals surface area contributed by atoms with Crippen LogP contribution in [0.15, 0.2) is 24.3 Å². The van der Waals surface area contributed by atoms with Gasteiger partial charge in [0, 0.05) is 12.6 Å². The van der Waals surface area contributed by atoms with Crippen LogP contribution in [-0.2, 0) is 0 Å². The quantitative estimate of drug-likeness (QED) is 0.868. The van der Waals surface area contributed by atoms with Gasteiger partial charge in [0.2, 0.25) is 0 Å². The molecule has 1 aromatic carbocycles. The Hall–Kier alpha value is -1.06. The van der Waals surface area contributed by atoms with Crippen molar-refractivity contribution >= 4 is 0 Å². The predicted molar refractivity (Wildman–Crippen MR) is 70.2 cm³/mol. The molecule has 2 N–H and O–H groups in total. The van der Waals surface area contributed by atoms with Crippen molar-refractivity contribution in [3.05, 3.63) is 29.8 Å². The summed E-state index contributed by atoms with van der Waals surface area (Å²) in [6, 6.07) is 8.88. The highest BCUT2D eigenvalue weighted by Gasteiger charge is 2.32. The van der Waals surface area contributed by atoms with Crippen LogP contribution >= 0.6 is 0 Å². The van der Waals surface area contributed by atoms with Gasteiger partial charge < -0.3 is 10.5 Å². The zero-order chi connectivity index (χ0) is 12.3. The Kier molecular flexibility index (Phi) is 4.02. The normalized spacial score (nSPS) is 25.1. The fourth-order valence-corrected chi connectivity index (χ4v) is 2.70. The molecule has 0 aliphatic carbocycles. The molecule has 0 saturated carbocycles. The highest BCUT2D eigenvalue weighted by atomic mass is 16.5. The lowest BCUT2D eigenvalue weighted by molar-refractivity contribution is 0.248. The summed E-state index contributed by atoms with van der Waals surface area (Å²) in [5, 5.41) is 0. The van der Waals surface area contributed by atoms with E-state index in [4.69, 9.17) is 10.5 Å². The van der Waals surface area contributed by atoms with Gasteiger partial charge in [-0.3, -0.25) is 4.90 Å². The Labute approximate surface area is 104 Å². The van der Waals surface area contributed by atoms with Crippen molar-refractivity contribution in [2.45, 2.75) is 31.8 Å². The number of ether oxygens (including phenoxy) is 1. The SMILES string of the molecule is CCCN1CCC(N)C1c1cccc(OC)c1. The number of hydrogen-bond acceptors (Lipinski definition) is 3. The van der Waals surface area contributed by atoms with E-state index in [2.05, 4.69) is 24.0 Å². The van der Waals surface area contributed by atoms with E-state index in [9.17, 15) is 0 Å². The topological polar surface area (TPSA) is 38.5 Å². The van der Waals surface area contributed by atoms with E-state index in [1.165, 1.54) is 12.0 Å². The van der Waals surface area contributed by atoms with Crippen molar-refractivity contribution in [2.24, 2.45) is 5.73 Å². The summed E-state index contributed by atoms with van der Waals surface area (Å²) in [6.45, 7) is 4.44. The molecule has 0 aromatic heterocycles. The third kappa shape index (κ3) is 2.61. The number of hydrogen-bond donors (Lipinski definition) is 1. The second-order valence-corrected chi connectivity index (χ2v) is 4.71. The van der Waals surface area contributed by atoms with Crippen LogP contribution in [0, 0.1) is 0 Å². The molecular weight excluding hydrogens is 212 g/mol. The van der Waals surface area contributed by atoms with Gasteiger partial charge in [0.05, 0.1) is 13.2 Å². The van der Waals surface area contributed by atoms with Crippen LogP contribution < -0.4 is 10.5 Å². The Bertz CT molecular complexity index is 365. The second kappa shape index (κ2) is 5.52. The second-order valence-electron chi connectivity index (χ2n) is 4.71. The monoisotopic (exact) mass is 234 g/mol. The molecule has 0 bridgehead atoms. The molecule has 1 fully saturated rings. The van der Waals surface area contributed by atoms with E-state index < -0.39 is 0 Å². The van der Waals surface area contributed by atoms with E-state index in [0.29, 0.717) is 6.04 Å². The third-order valence-corrected chi connectivity index (χ3v) is 3.49. The third-order valence-electron chi connectivity index (χ3n) is 3.49. The Morgan fingerprint density at radius 1 is 1.47 bits per heavy atom. The van der Waals surface area contributed by atoms with Gasteiger partial charge in [-0.25, -0.2) is 0 Å². The molecule has 2 unspecified atom stereocenters. The zero-order valence-electron chi connectivity index (χ0n) is 10.7. The standard InChI is InChI=1S/C14H22N2O/c1-3-8-16-9-7-13(15)14(16)11-5-4-6-12(10-11)17-2/h4-6,10,13-14H,3,7-9,15H2,1-2H3. The molecule has 0 spiro atoms. The molecule has 0 radical (unpaired) electrons. The summed E-state index contributed by atoms with van der Waals surface area (Å²) in [7, 11) is 1.71. The minimum absolute atomic E-state index is 0.244. The molecule has 94 valence electrons. The maximum absolute atomic E-state index is 6.24. The molecule has 1 heterocycles. The van der Waals surface area contributed by atoms with Gasteiger partial charge in [0.25, 0.3) is 0 Å². The van der Waals surface area contributed by atoms with Crippen molar-refractivity contribution in [3.8, 4) is 5.75 Å². The molecular formula is C14H22N2O. The summed E-state index contributed by atoms with van der Waals surface area (Å²) in [6.07, 6.45) is 2.26. The largest absolute Gasteiger partial charge is 0.497 e. The van der Waals surface area contributed by atoms with Gasteiger partial charge in [0.15, 0.2) is 0 Å². The van der Waals surface area contributed by atoms with Gasteiger partial charge in [-0.1, -0.05) is 19.1 Å². The minimum atomic E-state index is 0.244. The summed E-state index contributed by atoms with van der Waals surface area (Å²) < 4.78 is 5.29. The number of methoxy groups -OCH3 is 1. The number of benzene rings is 1. The fourth-order valence-electron chi connectivity index (χ4n) is 2.70. The smallest absolute Gasteiger partial charge is 0.119 e. The fraction of sp³-hybridized carbons (Fsp3) is 0.571. The van der Waals surface area contributed by atoms with Crippen molar-refractivity contribution in [1.82, 2.24) is 4.90 Å². The van der Waals surface area contributed by atoms with Gasteiger partial charge in [-0.15, -0.1) is 0 Å². The molecule has 3 heteroatoms. The average molecular weight is 234 g/mol. The first-order chi connectivity index (χ1) is 8.26. The van der Waals surface area contributed by atoms with Crippen LogP contribution in [0.3, 0.4) is 0 Å². The van der Waals surface area contributed by atoms with E-state index in [-0.39, 0.29) is 6.04 Å². The molecule has 3 nitrogen and oxygen atoms in total. The first-order valence-electron chi connectivity index (χ1n) is 6.40. The lowest BCUT2D eigenvalue weighted by atomic mass is 10.0. The van der Waals surface area contributed by atoms with Crippen LogP contribution in [0.1, 0.15) is 31.4 Å². The molecule has 1 aromatic rings. The Morgan fingerprint density at radius 2 is 2.29 bits per heavy atom. The molecule has 17 heavy (non-hydrogen) atoms. The molecule has 2 atom stereocenters. The molecule has 0 amide bonds. The van der Waals surface area contributed by atoms with Crippen LogP contribution in [0.5, 0.6) is 5.75 Å². The van der Waals surface area contributed by atoms with Crippen LogP contribution in [0.2, 0.25) is 0 Å². The number of likely N-dealkylation sites (tertiary alicyclic amines) is 1. The Balaban J connectivity index is 2.22. The summed E-state index contributed by atoms with van der Waals surface area (Å²) in [5.41, 5.74) is 7.52. The lowest BCUT2D eigenvalue weighted by Gasteiger charge is -2.27. The zero-order valence-corrected chi connectivity index (χ0v) is 10.7. The van der Waals surface area contributed by atoms with E-state index >= 15 is 0 Å². The maximum atomic E-state index is 6.24. The van der Waals surface area contributed by atoms with Crippen molar-refractivity contribution in [1.29, 1.82) is 0 Å². The van der Waals surface area contributed by atoms with Crippen molar-refractivity contribution in [3.63, 3.8) is 0 Å². The Morgan fingerprint density at radius 3 is 3.00 bits per heavy atom. The number of nitrogens with two attached hydrogens (primary N) is 1. The molecule has 1 aliphatic rings. The van der Waals surface area contributed by atoms with Gasteiger partial charge in [-0.2, -0.15) is 0 Å². The highest BCUT2D eigenvalue weighted by Crippen LogP contribution is 2.32. The summed E-state index contributed by atoms with van der Waals surface area (Å²) in [5.74, 6) is 0.915. The van der Waals surface area contributed by atoms with Crippen LogP contribution in [0.4, 0.5) is 0 Å². The minimum Gasteiger partial charge on any atom is -0.497 e. The predicted octanol–water partition coefficient (Wildman–Crippen LogP) is 2.18. The van der Waals surface area contributed by atoms with Crippen molar-refractivity contribution < 1.29 is 4.74 Å². The maximum Gasteiger partial charge on any atom is 0.119 e. The van der Waals surface area contributed by atoms with Gasteiger partial charge in [-0.05, 0) is 37.1 Å². The number of rotatable bonds is 4. The lowest BCUT2D eigenvalue weighted by Crippen LogP contribution is -2.32. The summed E-state index contributed by atoms with van der Waals surface area (Å²) >= 11 is 0. The number of nitrogens with zero attached hydrogens (tertiary/aromatic N) is 1. The first-order valence-corrected chi connectivity index (χ1v) is 6.40. The molecule has 1 saturated heterocycles. The molecule has 1 aliphatic heterocycles. The summed E-state index contributed by atoms with van der Waals surface area (Å²) in [4.78, 5) is 2.49. The van der Waals surface area contributed by atoms with Crippen LogP contribution in [-0.4, -0.2) is 31.1 Å².